The summed E-state index contributed by atoms with van der Waals surface area (Å²) in [6.07, 6.45) is 7.40. The fraction of sp³-hybridized carbons (Fsp3) is 0.588. The second kappa shape index (κ2) is 8.89. The zero-order valence-corrected chi connectivity index (χ0v) is 14.7. The summed E-state index contributed by atoms with van der Waals surface area (Å²) < 4.78 is -1.63. The minimum atomic E-state index is -1.63. The maximum atomic E-state index is 9.70. The molecule has 0 fully saturated rings. The number of rotatable bonds is 8. The molecule has 1 aromatic carbocycles. The van der Waals surface area contributed by atoms with Crippen LogP contribution in [-0.2, 0) is 5.41 Å². The fourth-order valence-electron chi connectivity index (χ4n) is 2.53. The number of nitriles is 1. The van der Waals surface area contributed by atoms with Crippen LogP contribution in [0.5, 0.6) is 0 Å². The number of unbranched alkanes of at least 4 members (excludes halogenated alkanes) is 5. The third-order valence-corrected chi connectivity index (χ3v) is 4.81. The molecule has 0 aromatic heterocycles. The molecule has 0 spiro atoms. The van der Waals surface area contributed by atoms with Gasteiger partial charge < -0.3 is 0 Å². The molecule has 0 bridgehead atoms. The predicted octanol–water partition coefficient (Wildman–Crippen LogP) is 6.57. The van der Waals surface area contributed by atoms with Crippen molar-refractivity contribution in [1.29, 1.82) is 5.26 Å². The van der Waals surface area contributed by atoms with E-state index < -0.39 is 9.21 Å². The summed E-state index contributed by atoms with van der Waals surface area (Å²) in [6.45, 7) is 2.19. The zero-order valence-electron chi connectivity index (χ0n) is 12.4. The lowest BCUT2D eigenvalue weighted by atomic mass is 9.78. The molecule has 4 heteroatoms. The van der Waals surface area contributed by atoms with E-state index in [1.807, 2.05) is 30.3 Å². The van der Waals surface area contributed by atoms with Gasteiger partial charge in [-0.3, -0.25) is 0 Å². The molecule has 0 saturated heterocycles. The maximum Gasteiger partial charge on any atom is 0.213 e. The van der Waals surface area contributed by atoms with Crippen molar-refractivity contribution in [1.82, 2.24) is 0 Å². The summed E-state index contributed by atoms with van der Waals surface area (Å²) in [5, 5.41) is 9.70. The molecule has 0 aliphatic carbocycles. The van der Waals surface area contributed by atoms with Crippen LogP contribution in [0.2, 0.25) is 0 Å². The van der Waals surface area contributed by atoms with Crippen molar-refractivity contribution in [2.45, 2.75) is 61.1 Å². The number of hydrogen-bond donors (Lipinski definition) is 0. The predicted molar refractivity (Wildman–Crippen MR) is 92.0 cm³/mol. The summed E-state index contributed by atoms with van der Waals surface area (Å²) in [7, 11) is 0. The van der Waals surface area contributed by atoms with Crippen molar-refractivity contribution in [3.05, 3.63) is 35.9 Å². The van der Waals surface area contributed by atoms with Crippen LogP contribution in [-0.4, -0.2) is 3.79 Å². The van der Waals surface area contributed by atoms with Crippen LogP contribution in [0, 0.1) is 11.3 Å². The third-order valence-electron chi connectivity index (χ3n) is 3.85. The average Bonchev–Trinajstić information content (AvgIpc) is 2.46. The molecular formula is C17H22Cl3N. The molecule has 0 radical (unpaired) electrons. The van der Waals surface area contributed by atoms with Crippen molar-refractivity contribution in [3.8, 4) is 6.07 Å². The summed E-state index contributed by atoms with van der Waals surface area (Å²) in [5.41, 5.74) is -0.301. The van der Waals surface area contributed by atoms with E-state index >= 15 is 0 Å². The maximum absolute atomic E-state index is 9.70. The van der Waals surface area contributed by atoms with Crippen LogP contribution in [0.25, 0.3) is 0 Å². The van der Waals surface area contributed by atoms with Gasteiger partial charge in [-0.15, -0.1) is 0 Å². The van der Waals surface area contributed by atoms with Gasteiger partial charge in [0.15, 0.2) is 0 Å². The molecule has 1 rings (SSSR count). The van der Waals surface area contributed by atoms with E-state index in [4.69, 9.17) is 34.8 Å². The lowest BCUT2D eigenvalue weighted by Gasteiger charge is -2.34. The van der Waals surface area contributed by atoms with E-state index in [0.29, 0.717) is 6.42 Å². The molecule has 0 aliphatic rings. The minimum Gasteiger partial charge on any atom is -0.197 e. The van der Waals surface area contributed by atoms with Crippen LogP contribution in [0.3, 0.4) is 0 Å². The van der Waals surface area contributed by atoms with Crippen molar-refractivity contribution in [3.63, 3.8) is 0 Å². The van der Waals surface area contributed by atoms with Crippen LogP contribution in [0.1, 0.15) is 57.4 Å². The largest absolute Gasteiger partial charge is 0.213 e. The van der Waals surface area contributed by atoms with Gasteiger partial charge in [-0.1, -0.05) is 111 Å². The number of halogens is 3. The molecule has 1 aromatic rings. The first-order valence-electron chi connectivity index (χ1n) is 7.51. The number of hydrogen-bond acceptors (Lipinski definition) is 1. The quantitative estimate of drug-likeness (QED) is 0.386. The smallest absolute Gasteiger partial charge is 0.197 e. The Balaban J connectivity index is 2.78. The molecule has 0 aliphatic heterocycles. The highest BCUT2D eigenvalue weighted by molar-refractivity contribution is 6.68. The molecule has 116 valence electrons. The van der Waals surface area contributed by atoms with Crippen LogP contribution in [0.4, 0.5) is 0 Å². The molecule has 1 unspecified atom stereocenters. The van der Waals surface area contributed by atoms with Crippen LogP contribution < -0.4 is 0 Å². The van der Waals surface area contributed by atoms with Crippen LogP contribution >= 0.6 is 34.8 Å². The SMILES string of the molecule is CCCCCCCCC(C#N)(c1ccccc1)C(Cl)(Cl)Cl. The minimum absolute atomic E-state index is 0.566. The summed E-state index contributed by atoms with van der Waals surface area (Å²) in [6, 6.07) is 11.7. The van der Waals surface area contributed by atoms with Crippen LogP contribution in [0.15, 0.2) is 30.3 Å². The van der Waals surface area contributed by atoms with Gasteiger partial charge in [0.05, 0.1) is 6.07 Å². The van der Waals surface area contributed by atoms with Gasteiger partial charge in [0, 0.05) is 0 Å². The highest BCUT2D eigenvalue weighted by Crippen LogP contribution is 2.49. The third kappa shape index (κ3) is 5.06. The monoisotopic (exact) mass is 345 g/mol. The Bertz CT molecular complexity index is 447. The standard InChI is InChI=1S/C17H22Cl3N/c1-2-3-4-5-6-10-13-16(14-21,17(18,19)20)15-11-8-7-9-12-15/h7-9,11-12H,2-6,10,13H2,1H3. The van der Waals surface area contributed by atoms with Crippen molar-refractivity contribution >= 4 is 34.8 Å². The van der Waals surface area contributed by atoms with E-state index in [-0.39, 0.29) is 0 Å². The van der Waals surface area contributed by atoms with E-state index in [0.717, 1.165) is 18.4 Å². The van der Waals surface area contributed by atoms with Gasteiger partial charge in [0.1, 0.15) is 5.41 Å². The topological polar surface area (TPSA) is 23.8 Å². The highest BCUT2D eigenvalue weighted by atomic mass is 35.6. The molecule has 0 amide bonds. The lowest BCUT2D eigenvalue weighted by molar-refractivity contribution is 0.467. The zero-order chi connectivity index (χ0) is 15.8. The first-order chi connectivity index (χ1) is 9.98. The van der Waals surface area contributed by atoms with Gasteiger partial charge >= 0.3 is 0 Å². The first-order valence-corrected chi connectivity index (χ1v) is 8.65. The van der Waals surface area contributed by atoms with Gasteiger partial charge in [-0.05, 0) is 12.0 Å². The molecule has 0 saturated carbocycles. The number of nitrogens with zero attached hydrogens (tertiary/aromatic N) is 1. The van der Waals surface area contributed by atoms with Crippen molar-refractivity contribution in [2.75, 3.05) is 0 Å². The van der Waals surface area contributed by atoms with Gasteiger partial charge in [0.25, 0.3) is 0 Å². The van der Waals surface area contributed by atoms with Gasteiger partial charge in [-0.2, -0.15) is 5.26 Å². The Hall–Kier alpha value is -0.420. The molecule has 0 heterocycles. The molecule has 0 N–H and O–H groups in total. The Morgan fingerprint density at radius 2 is 1.52 bits per heavy atom. The van der Waals surface area contributed by atoms with Gasteiger partial charge in [-0.25, -0.2) is 0 Å². The van der Waals surface area contributed by atoms with Crippen molar-refractivity contribution in [2.24, 2.45) is 0 Å². The first kappa shape index (κ1) is 18.6. The number of benzene rings is 1. The molecule has 21 heavy (non-hydrogen) atoms. The lowest BCUT2D eigenvalue weighted by Crippen LogP contribution is -2.38. The highest BCUT2D eigenvalue weighted by Gasteiger charge is 2.49. The van der Waals surface area contributed by atoms with E-state index in [9.17, 15) is 5.26 Å². The molecule has 1 atom stereocenters. The second-order valence-electron chi connectivity index (χ2n) is 5.40. The van der Waals surface area contributed by atoms with Crippen molar-refractivity contribution < 1.29 is 0 Å². The second-order valence-corrected chi connectivity index (χ2v) is 7.68. The molecule has 1 nitrogen and oxygen atoms in total. The number of alkyl halides is 3. The average molecular weight is 347 g/mol. The molecular weight excluding hydrogens is 325 g/mol. The van der Waals surface area contributed by atoms with E-state index in [2.05, 4.69) is 13.0 Å². The van der Waals surface area contributed by atoms with Gasteiger partial charge in [0.2, 0.25) is 3.79 Å². The Morgan fingerprint density at radius 3 is 2.05 bits per heavy atom. The summed E-state index contributed by atoms with van der Waals surface area (Å²) >= 11 is 18.5. The normalized spacial score (nSPS) is 14.4. The Kier molecular flexibility index (Phi) is 7.88. The van der Waals surface area contributed by atoms with E-state index in [1.54, 1.807) is 0 Å². The summed E-state index contributed by atoms with van der Waals surface area (Å²) in [4.78, 5) is 0. The summed E-state index contributed by atoms with van der Waals surface area (Å²) in [5.74, 6) is 0. The fourth-order valence-corrected chi connectivity index (χ4v) is 3.26. The Morgan fingerprint density at radius 1 is 0.952 bits per heavy atom. The van der Waals surface area contributed by atoms with E-state index in [1.165, 1.54) is 25.7 Å². The Labute approximate surface area is 143 Å².